The number of alkyl halides is 6. The molecule has 34 heteroatoms. The first kappa shape index (κ1) is 96.3. The summed E-state index contributed by atoms with van der Waals surface area (Å²) in [7, 11) is -7.85. The topological polar surface area (TPSA) is 176 Å². The van der Waals surface area contributed by atoms with E-state index in [1.807, 2.05) is 60.8 Å². The van der Waals surface area contributed by atoms with E-state index in [0.717, 1.165) is 26.7 Å². The molecule has 554 valence electrons. The lowest BCUT2D eigenvalue weighted by molar-refractivity contribution is -0.221. The molecule has 0 saturated carbocycles. The predicted octanol–water partition coefficient (Wildman–Crippen LogP) is 19.1. The van der Waals surface area contributed by atoms with Crippen LogP contribution >= 0.6 is 0 Å². The van der Waals surface area contributed by atoms with Crippen LogP contribution in [-0.2, 0) is 55.3 Å². The van der Waals surface area contributed by atoms with Gasteiger partial charge in [0.25, 0.3) is 11.9 Å². The van der Waals surface area contributed by atoms with Gasteiger partial charge in [-0.2, -0.15) is 43.9 Å². The van der Waals surface area contributed by atoms with Crippen molar-refractivity contribution in [3.8, 4) is 11.5 Å². The Balaban J connectivity index is -0.000000526. The molecular formula is C61H98F16O14Si4. The molecule has 5 unspecified atom stereocenters. The molecule has 95 heavy (non-hydrogen) atoms. The summed E-state index contributed by atoms with van der Waals surface area (Å²) < 4.78 is 241. The van der Waals surface area contributed by atoms with Crippen LogP contribution in [0.2, 0.25) is 65.5 Å². The summed E-state index contributed by atoms with van der Waals surface area (Å²) in [5.41, 5.74) is -2.38. The van der Waals surface area contributed by atoms with Gasteiger partial charge in [-0.3, -0.25) is 28.8 Å². The number of carbonyl (C=O) groups excluding carboxylic acids is 6. The summed E-state index contributed by atoms with van der Waals surface area (Å²) in [4.78, 5) is 68.6. The quantitative estimate of drug-likeness (QED) is 0.0272. The molecule has 0 fully saturated rings. The van der Waals surface area contributed by atoms with Crippen LogP contribution in [0.3, 0.4) is 0 Å². The van der Waals surface area contributed by atoms with Crippen molar-refractivity contribution in [1.82, 2.24) is 0 Å². The maximum absolute atomic E-state index is 13.3. The Morgan fingerprint density at radius 1 is 0.347 bits per heavy atom. The molecule has 0 amide bonds. The molecule has 2 rings (SSSR count). The van der Waals surface area contributed by atoms with Gasteiger partial charge in [-0.25, -0.2) is 26.3 Å². The van der Waals surface area contributed by atoms with Gasteiger partial charge in [0.05, 0.1) is 34.0 Å². The Kier molecular flexibility index (Phi) is 40.0. The van der Waals surface area contributed by atoms with E-state index in [4.69, 9.17) is 17.1 Å². The van der Waals surface area contributed by atoms with E-state index in [1.54, 1.807) is 41.5 Å². The molecule has 0 spiro atoms. The number of benzene rings is 2. The second kappa shape index (κ2) is 39.5. The van der Waals surface area contributed by atoms with Crippen molar-refractivity contribution in [2.24, 2.45) is 34.0 Å². The molecule has 0 aromatic heterocycles. The monoisotopic (exact) mass is 1470 g/mol. The fraction of sp³-hybridized carbons (Fsp3) is 0.705. The number of hydrogen-bond donors (Lipinski definition) is 0. The van der Waals surface area contributed by atoms with Gasteiger partial charge in [0.15, 0.2) is 28.8 Å². The number of rotatable bonds is 22. The first-order valence-corrected chi connectivity index (χ1v) is 42.6. The minimum Gasteiger partial charge on any atom is -0.495 e. The normalized spacial score (nSPS) is 13.8. The van der Waals surface area contributed by atoms with Crippen molar-refractivity contribution in [2.75, 3.05) is 0 Å². The molecule has 0 N–H and O–H groups in total. The summed E-state index contributed by atoms with van der Waals surface area (Å²) in [6.45, 7) is 47.3. The zero-order chi connectivity index (χ0) is 76.7. The summed E-state index contributed by atoms with van der Waals surface area (Å²) in [6.07, 6.45) is -9.94. The highest BCUT2D eigenvalue weighted by Crippen LogP contribution is 2.34. The van der Waals surface area contributed by atoms with Crippen molar-refractivity contribution in [3.63, 3.8) is 0 Å². The third kappa shape index (κ3) is 35.3. The summed E-state index contributed by atoms with van der Waals surface area (Å²) in [5.74, 6) is -30.3. The van der Waals surface area contributed by atoms with Gasteiger partial charge in [-0.15, -0.1) is 0 Å². The van der Waals surface area contributed by atoms with Crippen LogP contribution < -0.4 is 9.47 Å². The zero-order valence-corrected chi connectivity index (χ0v) is 63.4. The third-order valence-electron chi connectivity index (χ3n) is 13.4. The van der Waals surface area contributed by atoms with E-state index in [0.29, 0.717) is 19.3 Å². The maximum atomic E-state index is 13.3. The van der Waals surface area contributed by atoms with Crippen molar-refractivity contribution in [3.05, 3.63) is 58.2 Å². The highest BCUT2D eigenvalue weighted by molar-refractivity contribution is 6.82. The Labute approximate surface area is 552 Å². The molecule has 0 saturated heterocycles. The molecule has 2 aromatic carbocycles. The number of ether oxygens (including phenoxy) is 4. The van der Waals surface area contributed by atoms with Gasteiger partial charge in [0.1, 0.15) is 0 Å². The predicted molar refractivity (Wildman–Crippen MR) is 334 cm³/mol. The largest absolute Gasteiger partial charge is 0.495 e. The Morgan fingerprint density at radius 2 is 0.600 bits per heavy atom. The second-order valence-electron chi connectivity index (χ2n) is 26.5. The minimum absolute atomic E-state index is 0.0259. The summed E-state index contributed by atoms with van der Waals surface area (Å²) >= 11 is 0. The van der Waals surface area contributed by atoms with E-state index in [2.05, 4.69) is 58.2 Å². The van der Waals surface area contributed by atoms with E-state index in [-0.39, 0.29) is 24.3 Å². The molecule has 0 aliphatic carbocycles. The highest BCUT2D eigenvalue weighted by atomic mass is 28.4. The van der Waals surface area contributed by atoms with Crippen LogP contribution in [0.15, 0.2) is 0 Å². The molecule has 0 aliphatic rings. The first-order chi connectivity index (χ1) is 42.3. The van der Waals surface area contributed by atoms with Gasteiger partial charge in [-0.1, -0.05) is 62.3 Å². The van der Waals surface area contributed by atoms with Crippen molar-refractivity contribution in [2.45, 2.75) is 246 Å². The van der Waals surface area contributed by atoms with E-state index >= 15 is 0 Å². The molecular weight excluding hydrogens is 1370 g/mol. The Morgan fingerprint density at radius 3 is 0.895 bits per heavy atom. The number of hydrogen-bond acceptors (Lipinski definition) is 14. The number of carbonyl (C=O) groups is 6. The molecule has 0 radical (unpaired) electrons. The molecule has 0 bridgehead atoms. The number of halogens is 16. The van der Waals surface area contributed by atoms with Crippen LogP contribution in [0, 0.1) is 92.2 Å². The van der Waals surface area contributed by atoms with Gasteiger partial charge >= 0.3 is 53.4 Å². The average Bonchev–Trinajstić information content (AvgIpc) is 0.804. The van der Waals surface area contributed by atoms with Crippen molar-refractivity contribution in [1.29, 1.82) is 0 Å². The lowest BCUT2D eigenvalue weighted by Crippen LogP contribution is -2.48. The molecule has 0 heterocycles. The molecule has 5 atom stereocenters. The van der Waals surface area contributed by atoms with Crippen LogP contribution in [0.25, 0.3) is 0 Å². The smallest absolute Gasteiger partial charge is 0.425 e. The molecule has 14 nitrogen and oxygen atoms in total. The van der Waals surface area contributed by atoms with E-state index in [9.17, 15) is 99.0 Å². The van der Waals surface area contributed by atoms with Crippen molar-refractivity contribution < 1.29 is 135 Å². The fourth-order valence-corrected chi connectivity index (χ4v) is 19.2. The van der Waals surface area contributed by atoms with Crippen LogP contribution in [-0.4, -0.2) is 94.1 Å². The zero-order valence-electron chi connectivity index (χ0n) is 59.4. The van der Waals surface area contributed by atoms with E-state index < -0.39 is 180 Å². The van der Waals surface area contributed by atoms with Gasteiger partial charge in [0, 0.05) is 0 Å². The second-order valence-corrected chi connectivity index (χ2v) is 42.6. The first-order valence-electron chi connectivity index (χ1n) is 30.2. The third-order valence-corrected chi connectivity index (χ3v) is 23.6. The van der Waals surface area contributed by atoms with Crippen LogP contribution in [0.1, 0.15) is 156 Å². The van der Waals surface area contributed by atoms with Crippen LogP contribution in [0.4, 0.5) is 70.2 Å². The summed E-state index contributed by atoms with van der Waals surface area (Å²) in [6, 6.07) is 0. The van der Waals surface area contributed by atoms with Crippen molar-refractivity contribution >= 4 is 69.6 Å². The fourth-order valence-electron chi connectivity index (χ4n) is 5.68. The van der Waals surface area contributed by atoms with Gasteiger partial charge < -0.3 is 36.0 Å². The minimum atomic E-state index is -4.49. The lowest BCUT2D eigenvalue weighted by Gasteiger charge is -2.33. The van der Waals surface area contributed by atoms with Crippen LogP contribution in [0.5, 0.6) is 11.5 Å². The Hall–Kier alpha value is -5.07. The van der Waals surface area contributed by atoms with E-state index in [1.165, 1.54) is 27.7 Å². The van der Waals surface area contributed by atoms with Gasteiger partial charge in [0.2, 0.25) is 69.7 Å². The average molecular weight is 1470 g/mol. The summed E-state index contributed by atoms with van der Waals surface area (Å²) in [5, 5.41) is 0. The number of esters is 4. The standard InChI is InChI=1S/C12H11F5O2.C11H9F5O2.C11H26O3Si2.C10H24O3Si2.C9H15F3O2.C8H13F3O2/c1-4-12(2,3)11(18)19-10-8(16)6(14)5(13)7(15)9(10)17;1-3-4(2)11(17)18-10-8(15)6(13)5(12)7(14)9(10)16;1-9-11(2,3)10(12)13-16(7,8)14-15(4,5)6;1-8-9(2)10(11)12-15(6,7)13-14(3,4)5;1-5-8(3,4)7(13)14-6(2)9(10,11)12;1-4-5(2)7(12)13-6(3)8(9,10)11/h4H2,1-3H3;4H,3H2,1-2H3;9H2,1-8H3;9H,8H2,1-7H3;6H,5H2,1-4H3;5-6H,4H2,1-3H3. The molecule has 0 aliphatic heterocycles. The SMILES string of the molecule is CCC(C)(C)C(=O)OC(C)C(F)(F)F.CCC(C)(C)C(=O)O[Si](C)(C)O[Si](C)(C)C.CCC(C)(C)C(=O)Oc1c(F)c(F)c(F)c(F)c1F.CCC(C)C(=O)OC(C)C(F)(F)F.CCC(C)C(=O)O[Si](C)(C)O[Si](C)(C)C.CCC(C)C(=O)Oc1c(F)c(F)c(F)c(F)c1F. The van der Waals surface area contributed by atoms with Gasteiger partial charge in [-0.05, 0) is 159 Å². The Bertz CT molecular complexity index is 2760. The maximum Gasteiger partial charge on any atom is 0.425 e. The lowest BCUT2D eigenvalue weighted by atomic mass is 9.90. The highest BCUT2D eigenvalue weighted by Gasteiger charge is 2.43. The molecule has 2 aromatic rings.